The lowest BCUT2D eigenvalue weighted by molar-refractivity contribution is 0.0721. The molecule has 5 heteroatoms. The maximum absolute atomic E-state index is 11.7. The number of benzene rings is 3. The van der Waals surface area contributed by atoms with Gasteiger partial charge in [-0.2, -0.15) is 0 Å². The normalized spacial score (nSPS) is 20.6. The molecule has 1 saturated heterocycles. The summed E-state index contributed by atoms with van der Waals surface area (Å²) >= 11 is 1.63. The number of nitrogens with zero attached hydrogens (tertiary/aromatic N) is 2. The molecule has 0 amide bonds. The van der Waals surface area contributed by atoms with Crippen LogP contribution in [-0.2, 0) is 5.72 Å². The number of para-hydroxylation sites is 1. The molecule has 0 bridgehead atoms. The van der Waals surface area contributed by atoms with Gasteiger partial charge in [0.15, 0.2) is 5.72 Å². The fourth-order valence-corrected chi connectivity index (χ4v) is 4.78. The van der Waals surface area contributed by atoms with Gasteiger partial charge in [-0.15, -0.1) is 11.8 Å². The molecule has 1 fully saturated rings. The molecule has 0 spiro atoms. The molecule has 3 aromatic rings. The van der Waals surface area contributed by atoms with Gasteiger partial charge in [0.25, 0.3) is 0 Å². The van der Waals surface area contributed by atoms with Crippen molar-refractivity contribution in [3.8, 4) is 5.75 Å². The first kappa shape index (κ1) is 20.3. The average Bonchev–Trinajstić information content (AvgIpc) is 3.12. The van der Waals surface area contributed by atoms with Gasteiger partial charge in [-0.1, -0.05) is 48.5 Å². The smallest absolute Gasteiger partial charge is 0.178 e. The Kier molecular flexibility index (Phi) is 5.93. The molecule has 1 N–H and O–H groups in total. The van der Waals surface area contributed by atoms with Gasteiger partial charge in [0.05, 0.1) is 23.6 Å². The average molecular weight is 417 g/mol. The van der Waals surface area contributed by atoms with Gasteiger partial charge >= 0.3 is 0 Å². The largest absolute Gasteiger partial charge is 0.497 e. The second kappa shape index (κ2) is 8.78. The van der Waals surface area contributed by atoms with Crippen LogP contribution in [0, 0.1) is 0 Å². The number of hydrogen-bond donors (Lipinski definition) is 1. The van der Waals surface area contributed by atoms with Crippen molar-refractivity contribution in [3.05, 3.63) is 102 Å². The molecule has 1 atom stereocenters. The maximum Gasteiger partial charge on any atom is 0.178 e. The lowest BCUT2D eigenvalue weighted by atomic mass is 10.0. The zero-order chi connectivity index (χ0) is 21.0. The number of thioether (sulfide) groups is 1. The number of aliphatic imine (C=N–C) groups is 1. The Morgan fingerprint density at radius 1 is 1.00 bits per heavy atom. The van der Waals surface area contributed by atoms with E-state index >= 15 is 0 Å². The van der Waals surface area contributed by atoms with E-state index in [-0.39, 0.29) is 0 Å². The zero-order valence-corrected chi connectivity index (χ0v) is 17.8. The molecule has 30 heavy (non-hydrogen) atoms. The third kappa shape index (κ3) is 4.13. The molecule has 0 saturated carbocycles. The molecule has 152 valence electrons. The van der Waals surface area contributed by atoms with Crippen molar-refractivity contribution in [1.82, 2.24) is 0 Å². The molecule has 0 aliphatic carbocycles. The number of ether oxygens (including phenoxy) is 1. The molecular weight excluding hydrogens is 392 g/mol. The fraction of sp³-hybridized carbons (Fsp3) is 0.160. The molecule has 4 nitrogen and oxygen atoms in total. The maximum atomic E-state index is 11.7. The summed E-state index contributed by atoms with van der Waals surface area (Å²) in [6.07, 6.45) is 2.03. The minimum atomic E-state index is -1.13. The summed E-state index contributed by atoms with van der Waals surface area (Å²) in [7, 11) is 1.65. The summed E-state index contributed by atoms with van der Waals surface area (Å²) in [4.78, 5) is 6.71. The van der Waals surface area contributed by atoms with E-state index in [2.05, 4.69) is 0 Å². The number of hydrogen-bond acceptors (Lipinski definition) is 5. The van der Waals surface area contributed by atoms with Gasteiger partial charge in [-0.05, 0) is 49.4 Å². The molecule has 1 heterocycles. The Morgan fingerprint density at radius 3 is 2.27 bits per heavy atom. The molecule has 3 aromatic carbocycles. The summed E-state index contributed by atoms with van der Waals surface area (Å²) < 4.78 is 5.21. The lowest BCUT2D eigenvalue weighted by Gasteiger charge is -2.35. The van der Waals surface area contributed by atoms with Crippen molar-refractivity contribution in [3.63, 3.8) is 0 Å². The van der Waals surface area contributed by atoms with Gasteiger partial charge in [0, 0.05) is 17.0 Å². The summed E-state index contributed by atoms with van der Waals surface area (Å²) in [6, 6.07) is 27.5. The van der Waals surface area contributed by atoms with E-state index in [9.17, 15) is 5.11 Å². The topological polar surface area (TPSA) is 45.1 Å². The van der Waals surface area contributed by atoms with Crippen LogP contribution in [-0.4, -0.2) is 23.7 Å². The highest BCUT2D eigenvalue weighted by atomic mass is 32.2. The standard InChI is InChI=1S/C25H24N2O2S/c1-19(26-21-13-15-23(29-2)16-14-21)17-24-27(22-11-7-4-8-12-22)25(28,18-30-24)20-9-5-3-6-10-20/h3-17,28H,18H2,1-2H3/b24-17-,26-19?/t25-/m0/s1. The Bertz CT molecular complexity index is 1050. The van der Waals surface area contributed by atoms with Crippen molar-refractivity contribution in [1.29, 1.82) is 0 Å². The quantitative estimate of drug-likeness (QED) is 0.540. The van der Waals surface area contributed by atoms with Crippen LogP contribution in [0.5, 0.6) is 5.75 Å². The highest BCUT2D eigenvalue weighted by molar-refractivity contribution is 8.03. The second-order valence-corrected chi connectivity index (χ2v) is 8.07. The highest BCUT2D eigenvalue weighted by Gasteiger charge is 2.44. The van der Waals surface area contributed by atoms with E-state index in [1.54, 1.807) is 18.9 Å². The van der Waals surface area contributed by atoms with Gasteiger partial charge in [0.2, 0.25) is 0 Å². The Balaban J connectivity index is 1.71. The molecule has 0 unspecified atom stereocenters. The van der Waals surface area contributed by atoms with Crippen LogP contribution in [0.3, 0.4) is 0 Å². The Morgan fingerprint density at radius 2 is 1.63 bits per heavy atom. The first-order valence-corrected chi connectivity index (χ1v) is 10.8. The third-order valence-corrected chi connectivity index (χ3v) is 6.12. The van der Waals surface area contributed by atoms with Crippen LogP contribution in [0.2, 0.25) is 0 Å². The Labute approximate surface area is 181 Å². The van der Waals surface area contributed by atoms with E-state index < -0.39 is 5.72 Å². The SMILES string of the molecule is COc1ccc(N=C(C)/C=C2\SC[C@](O)(c3ccccc3)N2c2ccccc2)cc1. The summed E-state index contributed by atoms with van der Waals surface area (Å²) in [5.41, 5.74) is 2.41. The van der Waals surface area contributed by atoms with Crippen LogP contribution >= 0.6 is 11.8 Å². The van der Waals surface area contributed by atoms with Crippen LogP contribution < -0.4 is 9.64 Å². The minimum Gasteiger partial charge on any atom is -0.497 e. The summed E-state index contributed by atoms with van der Waals surface area (Å²) in [5.74, 6) is 1.34. The Hall–Kier alpha value is -3.02. The molecular formula is C25H24N2O2S. The predicted molar refractivity (Wildman–Crippen MR) is 126 cm³/mol. The van der Waals surface area contributed by atoms with Crippen molar-refractivity contribution in [2.24, 2.45) is 4.99 Å². The zero-order valence-electron chi connectivity index (χ0n) is 17.0. The van der Waals surface area contributed by atoms with Crippen molar-refractivity contribution in [2.75, 3.05) is 17.8 Å². The highest BCUT2D eigenvalue weighted by Crippen LogP contribution is 2.47. The van der Waals surface area contributed by atoms with Gasteiger partial charge in [-0.25, -0.2) is 0 Å². The number of methoxy groups -OCH3 is 1. The van der Waals surface area contributed by atoms with E-state index in [4.69, 9.17) is 9.73 Å². The predicted octanol–water partition coefficient (Wildman–Crippen LogP) is 5.73. The van der Waals surface area contributed by atoms with Gasteiger partial charge in [-0.3, -0.25) is 4.99 Å². The minimum absolute atomic E-state index is 0.535. The van der Waals surface area contributed by atoms with Crippen molar-refractivity contribution < 1.29 is 9.84 Å². The molecule has 1 aliphatic rings. The van der Waals surface area contributed by atoms with E-state index in [1.807, 2.05) is 103 Å². The molecule has 4 rings (SSSR count). The number of allylic oxidation sites excluding steroid dienone is 1. The van der Waals surface area contributed by atoms with Crippen LogP contribution in [0.25, 0.3) is 0 Å². The molecule has 0 radical (unpaired) electrons. The molecule has 1 aliphatic heterocycles. The third-order valence-electron chi connectivity index (χ3n) is 4.97. The van der Waals surface area contributed by atoms with Crippen molar-refractivity contribution >= 4 is 28.8 Å². The van der Waals surface area contributed by atoms with Crippen molar-refractivity contribution in [2.45, 2.75) is 12.6 Å². The van der Waals surface area contributed by atoms with E-state index in [1.165, 1.54) is 0 Å². The number of rotatable bonds is 5. The van der Waals surface area contributed by atoms with Crippen LogP contribution in [0.4, 0.5) is 11.4 Å². The first-order chi connectivity index (χ1) is 14.6. The lowest BCUT2D eigenvalue weighted by Crippen LogP contribution is -2.42. The molecule has 0 aromatic heterocycles. The van der Waals surface area contributed by atoms with E-state index in [0.29, 0.717) is 5.75 Å². The summed E-state index contributed by atoms with van der Waals surface area (Å²) in [5, 5.41) is 12.7. The first-order valence-electron chi connectivity index (χ1n) is 9.77. The van der Waals surface area contributed by atoms with Gasteiger partial charge in [0.1, 0.15) is 5.75 Å². The fourth-order valence-electron chi connectivity index (χ4n) is 3.50. The monoisotopic (exact) mass is 416 g/mol. The second-order valence-electron chi connectivity index (χ2n) is 7.08. The van der Waals surface area contributed by atoms with Crippen LogP contribution in [0.1, 0.15) is 12.5 Å². The number of aliphatic hydroxyl groups is 1. The number of anilines is 1. The summed E-state index contributed by atoms with van der Waals surface area (Å²) in [6.45, 7) is 1.97. The van der Waals surface area contributed by atoms with Gasteiger partial charge < -0.3 is 14.7 Å². The van der Waals surface area contributed by atoms with Crippen LogP contribution in [0.15, 0.2) is 101 Å². The van der Waals surface area contributed by atoms with E-state index in [0.717, 1.165) is 33.4 Å².